The highest BCUT2D eigenvalue weighted by molar-refractivity contribution is 5.79. The fraction of sp³-hybridized carbons (Fsp3) is 0.923. The second-order valence-corrected chi connectivity index (χ2v) is 5.20. The van der Waals surface area contributed by atoms with E-state index in [-0.39, 0.29) is 11.6 Å². The molecule has 0 fully saturated rings. The normalized spacial score (nSPS) is 15.4. The van der Waals surface area contributed by atoms with Crippen molar-refractivity contribution in [3.05, 3.63) is 0 Å². The number of nitrogens with two attached hydrogens (primary N) is 1. The molecule has 102 valence electrons. The van der Waals surface area contributed by atoms with Gasteiger partial charge in [-0.25, -0.2) is 0 Å². The molecule has 0 spiro atoms. The van der Waals surface area contributed by atoms with Gasteiger partial charge >= 0.3 is 5.97 Å². The van der Waals surface area contributed by atoms with E-state index in [1.165, 1.54) is 0 Å². The molecule has 0 aromatic carbocycles. The van der Waals surface area contributed by atoms with Crippen LogP contribution in [0, 0.1) is 0 Å². The summed E-state index contributed by atoms with van der Waals surface area (Å²) in [4.78, 5) is 11.5. The van der Waals surface area contributed by atoms with E-state index >= 15 is 0 Å². The summed E-state index contributed by atoms with van der Waals surface area (Å²) in [5.41, 5.74) is 4.89. The van der Waals surface area contributed by atoms with Crippen LogP contribution in [0.15, 0.2) is 0 Å². The third-order valence-corrected chi connectivity index (χ3v) is 2.93. The molecule has 0 aliphatic carbocycles. The van der Waals surface area contributed by atoms with E-state index in [0.29, 0.717) is 19.6 Å². The number of hydrogen-bond acceptors (Lipinski definition) is 4. The third-order valence-electron chi connectivity index (χ3n) is 2.93. The second-order valence-electron chi connectivity index (χ2n) is 5.20. The largest absolute Gasteiger partial charge is 0.465 e. The molecule has 0 amide bonds. The lowest BCUT2D eigenvalue weighted by atomic mass is 9.97. The van der Waals surface area contributed by atoms with Gasteiger partial charge < -0.3 is 15.2 Å². The van der Waals surface area contributed by atoms with E-state index in [0.717, 1.165) is 12.8 Å². The van der Waals surface area contributed by atoms with Crippen molar-refractivity contribution in [2.24, 2.45) is 5.73 Å². The molecule has 0 bridgehead atoms. The molecule has 0 radical (unpaired) electrons. The lowest BCUT2D eigenvalue weighted by Gasteiger charge is -2.25. The van der Waals surface area contributed by atoms with Crippen molar-refractivity contribution in [1.29, 1.82) is 0 Å². The molecule has 0 rings (SSSR count). The van der Waals surface area contributed by atoms with Gasteiger partial charge in [0, 0.05) is 6.61 Å². The standard InChI is InChI=1S/C13H27NO3/c1-6-12(3,4)17-10-8-9-13(5,14)11(15)16-7-2/h6-10,14H2,1-5H3. The predicted molar refractivity (Wildman–Crippen MR) is 68.8 cm³/mol. The van der Waals surface area contributed by atoms with E-state index in [9.17, 15) is 4.79 Å². The van der Waals surface area contributed by atoms with Gasteiger partial charge in [0.2, 0.25) is 0 Å². The molecule has 0 saturated heterocycles. The molecular weight excluding hydrogens is 218 g/mol. The van der Waals surface area contributed by atoms with Crippen molar-refractivity contribution in [1.82, 2.24) is 0 Å². The Labute approximate surface area is 105 Å². The number of carbonyl (C=O) groups is 1. The summed E-state index contributed by atoms with van der Waals surface area (Å²) in [5, 5.41) is 0. The first-order valence-electron chi connectivity index (χ1n) is 6.35. The average Bonchev–Trinajstić information content (AvgIpc) is 2.25. The molecule has 4 heteroatoms. The number of esters is 1. The quantitative estimate of drug-likeness (QED) is 0.526. The molecule has 0 aliphatic heterocycles. The Morgan fingerprint density at radius 2 is 1.82 bits per heavy atom. The molecule has 0 heterocycles. The maximum absolute atomic E-state index is 11.5. The Morgan fingerprint density at radius 1 is 1.24 bits per heavy atom. The van der Waals surface area contributed by atoms with Gasteiger partial charge in [0.25, 0.3) is 0 Å². The molecule has 2 N–H and O–H groups in total. The Bertz CT molecular complexity index is 237. The molecule has 0 aromatic rings. The molecule has 1 atom stereocenters. The van der Waals surface area contributed by atoms with Crippen LogP contribution in [0.2, 0.25) is 0 Å². The minimum absolute atomic E-state index is 0.102. The zero-order valence-electron chi connectivity index (χ0n) is 11.8. The van der Waals surface area contributed by atoms with E-state index in [1.54, 1.807) is 13.8 Å². The van der Waals surface area contributed by atoms with Crippen LogP contribution >= 0.6 is 0 Å². The fourth-order valence-electron chi connectivity index (χ4n) is 1.29. The summed E-state index contributed by atoms with van der Waals surface area (Å²) in [6, 6.07) is 0. The maximum Gasteiger partial charge on any atom is 0.325 e. The van der Waals surface area contributed by atoms with E-state index in [4.69, 9.17) is 15.2 Å². The van der Waals surface area contributed by atoms with Gasteiger partial charge in [-0.1, -0.05) is 6.92 Å². The predicted octanol–water partition coefficient (Wildman–Crippen LogP) is 2.25. The van der Waals surface area contributed by atoms with Crippen LogP contribution in [0.3, 0.4) is 0 Å². The van der Waals surface area contributed by atoms with Crippen molar-refractivity contribution in [2.75, 3.05) is 13.2 Å². The molecule has 0 saturated carbocycles. The smallest absolute Gasteiger partial charge is 0.325 e. The average molecular weight is 245 g/mol. The highest BCUT2D eigenvalue weighted by Crippen LogP contribution is 2.16. The third kappa shape index (κ3) is 6.64. The molecule has 1 unspecified atom stereocenters. The number of carbonyl (C=O) groups excluding carboxylic acids is 1. The van der Waals surface area contributed by atoms with E-state index in [2.05, 4.69) is 20.8 Å². The van der Waals surface area contributed by atoms with Crippen molar-refractivity contribution in [2.45, 2.75) is 65.0 Å². The number of hydrogen-bond donors (Lipinski definition) is 1. The summed E-state index contributed by atoms with van der Waals surface area (Å²) in [6.07, 6.45) is 2.30. The van der Waals surface area contributed by atoms with E-state index in [1.807, 2.05) is 0 Å². The van der Waals surface area contributed by atoms with Gasteiger partial charge in [0.1, 0.15) is 5.54 Å². The van der Waals surface area contributed by atoms with Crippen LogP contribution in [-0.2, 0) is 14.3 Å². The first kappa shape index (κ1) is 16.4. The molecule has 17 heavy (non-hydrogen) atoms. The van der Waals surface area contributed by atoms with Gasteiger partial charge in [-0.2, -0.15) is 0 Å². The van der Waals surface area contributed by atoms with Gasteiger partial charge in [-0.15, -0.1) is 0 Å². The molecule has 0 aliphatic rings. The van der Waals surface area contributed by atoms with Gasteiger partial charge in [-0.3, -0.25) is 4.79 Å². The summed E-state index contributed by atoms with van der Waals surface area (Å²) < 4.78 is 10.6. The van der Waals surface area contributed by atoms with Crippen molar-refractivity contribution >= 4 is 5.97 Å². The van der Waals surface area contributed by atoms with Crippen LogP contribution in [0.4, 0.5) is 0 Å². The summed E-state index contributed by atoms with van der Waals surface area (Å²) in [5.74, 6) is -0.338. The minimum Gasteiger partial charge on any atom is -0.465 e. The zero-order chi connectivity index (χ0) is 13.5. The van der Waals surface area contributed by atoms with E-state index < -0.39 is 5.54 Å². The van der Waals surface area contributed by atoms with Crippen LogP contribution < -0.4 is 5.73 Å². The Morgan fingerprint density at radius 3 is 2.29 bits per heavy atom. The van der Waals surface area contributed by atoms with Crippen molar-refractivity contribution < 1.29 is 14.3 Å². The SMILES string of the molecule is CCOC(=O)C(C)(N)CCCOC(C)(C)CC. The molecule has 4 nitrogen and oxygen atoms in total. The highest BCUT2D eigenvalue weighted by atomic mass is 16.5. The van der Waals surface area contributed by atoms with Crippen LogP contribution in [0.5, 0.6) is 0 Å². The monoisotopic (exact) mass is 245 g/mol. The number of rotatable bonds is 8. The first-order chi connectivity index (χ1) is 7.75. The van der Waals surface area contributed by atoms with Crippen LogP contribution in [0.25, 0.3) is 0 Å². The van der Waals surface area contributed by atoms with Gasteiger partial charge in [0.15, 0.2) is 0 Å². The molecule has 0 aromatic heterocycles. The van der Waals surface area contributed by atoms with Crippen LogP contribution in [-0.4, -0.2) is 30.3 Å². The Balaban J connectivity index is 3.91. The molecular formula is C13H27NO3. The summed E-state index contributed by atoms with van der Waals surface area (Å²) in [6.45, 7) is 10.7. The topological polar surface area (TPSA) is 61.5 Å². The second kappa shape index (κ2) is 6.97. The first-order valence-corrected chi connectivity index (χ1v) is 6.35. The van der Waals surface area contributed by atoms with Crippen LogP contribution in [0.1, 0.15) is 53.9 Å². The Hall–Kier alpha value is -0.610. The minimum atomic E-state index is -0.907. The maximum atomic E-state index is 11.5. The Kier molecular flexibility index (Phi) is 6.72. The van der Waals surface area contributed by atoms with Gasteiger partial charge in [-0.05, 0) is 47.0 Å². The summed E-state index contributed by atoms with van der Waals surface area (Å²) in [7, 11) is 0. The van der Waals surface area contributed by atoms with Gasteiger partial charge in [0.05, 0.1) is 12.2 Å². The highest BCUT2D eigenvalue weighted by Gasteiger charge is 2.29. The number of ether oxygens (including phenoxy) is 2. The zero-order valence-corrected chi connectivity index (χ0v) is 11.8. The lowest BCUT2D eigenvalue weighted by Crippen LogP contribution is -2.46. The summed E-state index contributed by atoms with van der Waals surface area (Å²) >= 11 is 0. The van der Waals surface area contributed by atoms with Crippen molar-refractivity contribution in [3.63, 3.8) is 0 Å². The van der Waals surface area contributed by atoms with Crippen molar-refractivity contribution in [3.8, 4) is 0 Å². The fourth-order valence-corrected chi connectivity index (χ4v) is 1.29. The lowest BCUT2D eigenvalue weighted by molar-refractivity contribution is -0.149.